The number of rotatable bonds is 8. The van der Waals surface area contributed by atoms with Crippen LogP contribution in [0.1, 0.15) is 44.5 Å². The van der Waals surface area contributed by atoms with Crippen LogP contribution >= 0.6 is 0 Å². The van der Waals surface area contributed by atoms with Crippen molar-refractivity contribution in [1.29, 1.82) is 0 Å². The molecule has 1 aromatic heterocycles. The smallest absolute Gasteiger partial charge is 0.218 e. The van der Waals surface area contributed by atoms with Gasteiger partial charge in [-0.1, -0.05) is 13.8 Å². The molecule has 4 heteroatoms. The Bertz CT molecular complexity index is 417. The standard InChI is InChI=1S/C16H28N2O2/c1-11(2)17-10-15-13(5)9-14(6)18-16(15)20-8-7-19-12(3)4/h9,11-12,17H,7-8,10H2,1-6H3. The van der Waals surface area contributed by atoms with Gasteiger partial charge in [0.2, 0.25) is 5.88 Å². The third kappa shape index (κ3) is 5.88. The third-order valence-corrected chi connectivity index (χ3v) is 2.90. The molecule has 1 N–H and O–H groups in total. The maximum absolute atomic E-state index is 5.81. The third-order valence-electron chi connectivity index (χ3n) is 2.90. The van der Waals surface area contributed by atoms with Crippen LogP contribution in [0.3, 0.4) is 0 Å². The van der Waals surface area contributed by atoms with E-state index in [0.717, 1.165) is 23.7 Å². The number of pyridine rings is 1. The van der Waals surface area contributed by atoms with Gasteiger partial charge in [-0.3, -0.25) is 0 Å². The minimum Gasteiger partial charge on any atom is -0.475 e. The minimum atomic E-state index is 0.230. The zero-order chi connectivity index (χ0) is 15.1. The number of aryl methyl sites for hydroxylation is 2. The lowest BCUT2D eigenvalue weighted by Gasteiger charge is -2.16. The van der Waals surface area contributed by atoms with E-state index in [1.165, 1.54) is 5.56 Å². The van der Waals surface area contributed by atoms with Crippen molar-refractivity contribution < 1.29 is 9.47 Å². The van der Waals surface area contributed by atoms with Crippen molar-refractivity contribution in [2.75, 3.05) is 13.2 Å². The Morgan fingerprint density at radius 3 is 2.45 bits per heavy atom. The fourth-order valence-corrected chi connectivity index (χ4v) is 1.89. The molecule has 1 rings (SSSR count). The molecule has 0 amide bonds. The molecule has 4 nitrogen and oxygen atoms in total. The van der Waals surface area contributed by atoms with Crippen LogP contribution in [-0.2, 0) is 11.3 Å². The van der Waals surface area contributed by atoms with Gasteiger partial charge < -0.3 is 14.8 Å². The van der Waals surface area contributed by atoms with Gasteiger partial charge in [0.1, 0.15) is 6.61 Å². The summed E-state index contributed by atoms with van der Waals surface area (Å²) in [6.45, 7) is 14.3. The fourth-order valence-electron chi connectivity index (χ4n) is 1.89. The Kier molecular flexibility index (Phi) is 6.96. The largest absolute Gasteiger partial charge is 0.475 e. The molecule has 0 aliphatic rings. The average Bonchev–Trinajstić information content (AvgIpc) is 2.32. The van der Waals surface area contributed by atoms with E-state index >= 15 is 0 Å². The Morgan fingerprint density at radius 2 is 1.85 bits per heavy atom. The van der Waals surface area contributed by atoms with Gasteiger partial charge >= 0.3 is 0 Å². The molecule has 0 unspecified atom stereocenters. The average molecular weight is 280 g/mol. The first-order valence-electron chi connectivity index (χ1n) is 7.35. The van der Waals surface area contributed by atoms with Gasteiger partial charge in [-0.15, -0.1) is 0 Å². The Hall–Kier alpha value is -1.13. The molecule has 0 spiro atoms. The van der Waals surface area contributed by atoms with E-state index in [2.05, 4.69) is 37.1 Å². The molecule has 0 radical (unpaired) electrons. The highest BCUT2D eigenvalue weighted by molar-refractivity contribution is 5.35. The van der Waals surface area contributed by atoms with E-state index in [1.54, 1.807) is 0 Å². The van der Waals surface area contributed by atoms with Crippen LogP contribution in [0.5, 0.6) is 5.88 Å². The number of nitrogens with one attached hydrogen (secondary N) is 1. The summed E-state index contributed by atoms with van der Waals surface area (Å²) in [5, 5.41) is 3.42. The molecule has 0 bridgehead atoms. The van der Waals surface area contributed by atoms with Crippen molar-refractivity contribution >= 4 is 0 Å². The second-order valence-corrected chi connectivity index (χ2v) is 5.67. The second kappa shape index (κ2) is 8.22. The Balaban J connectivity index is 2.70. The van der Waals surface area contributed by atoms with Crippen LogP contribution < -0.4 is 10.1 Å². The summed E-state index contributed by atoms with van der Waals surface area (Å²) in [6, 6.07) is 2.53. The normalized spacial score (nSPS) is 11.4. The fraction of sp³-hybridized carbons (Fsp3) is 0.688. The van der Waals surface area contributed by atoms with Crippen LogP contribution in [0.2, 0.25) is 0 Å². The maximum atomic E-state index is 5.81. The van der Waals surface area contributed by atoms with E-state index in [1.807, 2.05) is 20.8 Å². The highest BCUT2D eigenvalue weighted by Gasteiger charge is 2.11. The first kappa shape index (κ1) is 16.9. The summed E-state index contributed by atoms with van der Waals surface area (Å²) in [6.07, 6.45) is 0.230. The summed E-state index contributed by atoms with van der Waals surface area (Å²) in [5.74, 6) is 0.725. The summed E-state index contributed by atoms with van der Waals surface area (Å²) >= 11 is 0. The topological polar surface area (TPSA) is 43.4 Å². The van der Waals surface area contributed by atoms with Gasteiger partial charge in [0.05, 0.1) is 12.7 Å². The van der Waals surface area contributed by atoms with E-state index in [-0.39, 0.29) is 6.10 Å². The predicted molar refractivity (Wildman–Crippen MR) is 82.3 cm³/mol. The lowest BCUT2D eigenvalue weighted by molar-refractivity contribution is 0.0539. The summed E-state index contributed by atoms with van der Waals surface area (Å²) in [7, 11) is 0. The summed E-state index contributed by atoms with van der Waals surface area (Å²) in [4.78, 5) is 4.51. The first-order valence-corrected chi connectivity index (χ1v) is 7.35. The van der Waals surface area contributed by atoms with Crippen molar-refractivity contribution in [2.24, 2.45) is 0 Å². The molecule has 0 fully saturated rings. The van der Waals surface area contributed by atoms with Crippen LogP contribution in [0.15, 0.2) is 6.07 Å². The SMILES string of the molecule is Cc1cc(C)c(CNC(C)C)c(OCCOC(C)C)n1. The molecule has 0 atom stereocenters. The number of ether oxygens (including phenoxy) is 2. The van der Waals surface area contributed by atoms with Crippen molar-refractivity contribution in [3.63, 3.8) is 0 Å². The van der Waals surface area contributed by atoms with Crippen molar-refractivity contribution in [3.8, 4) is 5.88 Å². The quantitative estimate of drug-likeness (QED) is 0.743. The van der Waals surface area contributed by atoms with E-state index in [0.29, 0.717) is 19.3 Å². The lowest BCUT2D eigenvalue weighted by atomic mass is 10.1. The number of hydrogen-bond donors (Lipinski definition) is 1. The van der Waals surface area contributed by atoms with Gasteiger partial charge in [-0.05, 0) is 39.3 Å². The highest BCUT2D eigenvalue weighted by atomic mass is 16.5. The van der Waals surface area contributed by atoms with Crippen molar-refractivity contribution in [2.45, 2.75) is 60.2 Å². The first-order chi connectivity index (χ1) is 9.40. The molecule has 0 saturated carbocycles. The Morgan fingerprint density at radius 1 is 1.15 bits per heavy atom. The maximum Gasteiger partial charge on any atom is 0.218 e. The van der Waals surface area contributed by atoms with Crippen molar-refractivity contribution in [1.82, 2.24) is 10.3 Å². The number of aromatic nitrogens is 1. The van der Waals surface area contributed by atoms with E-state index in [4.69, 9.17) is 9.47 Å². The van der Waals surface area contributed by atoms with Crippen molar-refractivity contribution in [3.05, 3.63) is 22.9 Å². The zero-order valence-corrected chi connectivity index (χ0v) is 13.6. The van der Waals surface area contributed by atoms with Gasteiger partial charge in [0.25, 0.3) is 0 Å². The molecular formula is C16H28N2O2. The van der Waals surface area contributed by atoms with Gasteiger partial charge in [-0.2, -0.15) is 0 Å². The molecular weight excluding hydrogens is 252 g/mol. The number of nitrogens with zero attached hydrogens (tertiary/aromatic N) is 1. The van der Waals surface area contributed by atoms with Crippen LogP contribution in [-0.4, -0.2) is 30.3 Å². The van der Waals surface area contributed by atoms with Gasteiger partial charge in [0, 0.05) is 23.8 Å². The Labute approximate surface area is 122 Å². The van der Waals surface area contributed by atoms with E-state index in [9.17, 15) is 0 Å². The predicted octanol–water partition coefficient (Wildman–Crippen LogP) is 3.00. The second-order valence-electron chi connectivity index (χ2n) is 5.67. The molecule has 0 aliphatic heterocycles. The summed E-state index contributed by atoms with van der Waals surface area (Å²) < 4.78 is 11.3. The number of hydrogen-bond acceptors (Lipinski definition) is 4. The van der Waals surface area contributed by atoms with Crippen LogP contribution in [0.4, 0.5) is 0 Å². The molecule has 0 saturated heterocycles. The molecule has 0 aromatic carbocycles. The van der Waals surface area contributed by atoms with E-state index < -0.39 is 0 Å². The molecule has 0 aliphatic carbocycles. The van der Waals surface area contributed by atoms with Crippen LogP contribution in [0.25, 0.3) is 0 Å². The van der Waals surface area contributed by atoms with Gasteiger partial charge in [-0.25, -0.2) is 4.98 Å². The van der Waals surface area contributed by atoms with Gasteiger partial charge in [0.15, 0.2) is 0 Å². The minimum absolute atomic E-state index is 0.230. The molecule has 114 valence electrons. The highest BCUT2D eigenvalue weighted by Crippen LogP contribution is 2.21. The lowest BCUT2D eigenvalue weighted by Crippen LogP contribution is -2.23. The van der Waals surface area contributed by atoms with Crippen LogP contribution in [0, 0.1) is 13.8 Å². The molecule has 20 heavy (non-hydrogen) atoms. The zero-order valence-electron chi connectivity index (χ0n) is 13.6. The molecule has 1 heterocycles. The summed E-state index contributed by atoms with van der Waals surface area (Å²) in [5.41, 5.74) is 3.33. The molecule has 1 aromatic rings. The monoisotopic (exact) mass is 280 g/mol.